The smallest absolute Gasteiger partial charge is 0.257 e. The second-order valence-electron chi connectivity index (χ2n) is 8.02. The Morgan fingerprint density at radius 1 is 1.06 bits per heavy atom. The number of nitrogens with zero attached hydrogens (tertiary/aromatic N) is 2. The van der Waals surface area contributed by atoms with E-state index in [1.54, 1.807) is 6.92 Å². The first kappa shape index (κ1) is 27.5. The topological polar surface area (TPSA) is 81.1 Å². The molecule has 1 aromatic heterocycles. The Bertz CT molecular complexity index is 1410. The molecular formula is C27H27Cl2N3O3S. The molecule has 0 bridgehead atoms. The van der Waals surface area contributed by atoms with Gasteiger partial charge in [0.2, 0.25) is 0 Å². The van der Waals surface area contributed by atoms with Crippen LogP contribution in [-0.2, 0) is 21.4 Å². The third-order valence-electron chi connectivity index (χ3n) is 5.19. The largest absolute Gasteiger partial charge is 0.323 e. The van der Waals surface area contributed by atoms with Crippen LogP contribution in [0.5, 0.6) is 0 Å². The molecule has 3 aromatic rings. The van der Waals surface area contributed by atoms with Crippen LogP contribution in [0.2, 0.25) is 10.2 Å². The van der Waals surface area contributed by atoms with Gasteiger partial charge in [-0.2, -0.15) is 0 Å². The van der Waals surface area contributed by atoms with Gasteiger partial charge in [0.25, 0.3) is 15.9 Å². The molecule has 0 atom stereocenters. The van der Waals surface area contributed by atoms with Crippen molar-refractivity contribution in [3.8, 4) is 0 Å². The van der Waals surface area contributed by atoms with E-state index in [1.807, 2.05) is 76.9 Å². The molecule has 0 saturated heterocycles. The van der Waals surface area contributed by atoms with Gasteiger partial charge in [-0.3, -0.25) is 4.79 Å². The molecule has 0 unspecified atom stereocenters. The average molecular weight is 545 g/mol. The second-order valence-corrected chi connectivity index (χ2v) is 10.4. The highest BCUT2D eigenvalue weighted by Gasteiger charge is 2.14. The van der Waals surface area contributed by atoms with Crippen molar-refractivity contribution in [3.63, 3.8) is 0 Å². The van der Waals surface area contributed by atoms with Crippen molar-refractivity contribution in [1.82, 2.24) is 14.3 Å². The molecular weight excluding hydrogens is 517 g/mol. The zero-order valence-corrected chi connectivity index (χ0v) is 22.3. The molecule has 1 heterocycles. The van der Waals surface area contributed by atoms with Gasteiger partial charge in [0.05, 0.1) is 12.2 Å². The number of rotatable bonds is 10. The predicted molar refractivity (Wildman–Crippen MR) is 148 cm³/mol. The Hall–Kier alpha value is -3.13. The van der Waals surface area contributed by atoms with Crippen molar-refractivity contribution in [2.75, 3.05) is 0 Å². The van der Waals surface area contributed by atoms with E-state index in [2.05, 4.69) is 4.98 Å². The first-order valence-electron chi connectivity index (χ1n) is 11.3. The highest BCUT2D eigenvalue weighted by molar-refractivity contribution is 7.92. The Morgan fingerprint density at radius 2 is 1.78 bits per heavy atom. The second kappa shape index (κ2) is 12.7. The fourth-order valence-electron chi connectivity index (χ4n) is 3.35. The number of benzene rings is 2. The summed E-state index contributed by atoms with van der Waals surface area (Å²) in [7, 11) is -3.86. The van der Waals surface area contributed by atoms with Gasteiger partial charge < -0.3 is 4.57 Å². The van der Waals surface area contributed by atoms with Gasteiger partial charge in [-0.1, -0.05) is 97.2 Å². The van der Waals surface area contributed by atoms with E-state index < -0.39 is 15.9 Å². The van der Waals surface area contributed by atoms with Crippen LogP contribution in [-0.4, -0.2) is 23.9 Å². The number of amides is 1. The van der Waals surface area contributed by atoms with Gasteiger partial charge in [-0.25, -0.2) is 18.1 Å². The lowest BCUT2D eigenvalue weighted by Gasteiger charge is -2.11. The molecule has 1 amide bonds. The Labute approximate surface area is 222 Å². The van der Waals surface area contributed by atoms with Crippen molar-refractivity contribution in [3.05, 3.63) is 104 Å². The number of carbonyl (C=O) groups is 1. The van der Waals surface area contributed by atoms with Crippen LogP contribution in [0.25, 0.3) is 18.2 Å². The van der Waals surface area contributed by atoms with E-state index in [4.69, 9.17) is 23.2 Å². The average Bonchev–Trinajstić information content (AvgIpc) is 3.10. The molecule has 0 saturated carbocycles. The summed E-state index contributed by atoms with van der Waals surface area (Å²) in [4.78, 5) is 16.5. The van der Waals surface area contributed by atoms with Crippen molar-refractivity contribution in [2.45, 2.75) is 33.2 Å². The highest BCUT2D eigenvalue weighted by Crippen LogP contribution is 2.25. The molecule has 2 aromatic carbocycles. The minimum absolute atomic E-state index is 0.195. The van der Waals surface area contributed by atoms with Crippen molar-refractivity contribution >= 4 is 57.4 Å². The fourth-order valence-corrected chi connectivity index (χ4v) is 4.69. The molecule has 36 heavy (non-hydrogen) atoms. The lowest BCUT2D eigenvalue weighted by molar-refractivity contribution is -0.114. The fraction of sp³-hybridized carbons (Fsp3) is 0.185. The summed E-state index contributed by atoms with van der Waals surface area (Å²) < 4.78 is 27.8. The van der Waals surface area contributed by atoms with E-state index in [-0.39, 0.29) is 5.15 Å². The van der Waals surface area contributed by atoms with Gasteiger partial charge >= 0.3 is 0 Å². The number of allylic oxidation sites excluding steroid dienone is 1. The Balaban J connectivity index is 1.76. The number of aromatic nitrogens is 2. The van der Waals surface area contributed by atoms with Crippen LogP contribution in [0.3, 0.4) is 0 Å². The molecule has 6 nitrogen and oxygen atoms in total. The van der Waals surface area contributed by atoms with E-state index in [9.17, 15) is 13.2 Å². The molecule has 3 rings (SSSR count). The van der Waals surface area contributed by atoms with E-state index in [0.717, 1.165) is 34.6 Å². The molecule has 0 aliphatic heterocycles. The number of carbonyl (C=O) groups excluding carboxylic acids is 1. The number of nitrogens with one attached hydrogen (secondary N) is 1. The van der Waals surface area contributed by atoms with Crippen LogP contribution >= 0.6 is 23.2 Å². The number of halogens is 2. The summed E-state index contributed by atoms with van der Waals surface area (Å²) in [5.41, 5.74) is 3.35. The molecule has 1 N–H and O–H groups in total. The summed E-state index contributed by atoms with van der Waals surface area (Å²) in [5.74, 6) is -0.162. The first-order valence-corrected chi connectivity index (χ1v) is 13.6. The van der Waals surface area contributed by atoms with Gasteiger partial charge in [0.1, 0.15) is 5.82 Å². The number of imidazole rings is 1. The molecule has 0 radical (unpaired) electrons. The number of unbranched alkanes of at least 4 members (excludes halogenated alkanes) is 1. The summed E-state index contributed by atoms with van der Waals surface area (Å²) in [6.45, 7) is 4.08. The standard InChI is InChI=1S/C27H27Cl2N3O3S/c1-3-4-8-17-36(34,35)31-26(33)16-15-25-27(29)30-20(2)32(25)19-23-14-13-22(18-24(23)28)12-11-21-9-6-5-7-10-21/h5-18H,3-4,19H2,1-2H3,(H,31,33). The Kier molecular flexibility index (Phi) is 9.70. The SMILES string of the molecule is CCCC=CS(=O)(=O)NC(=O)C=Cc1c(Cl)nc(C)n1Cc1ccc(C=Cc2ccccc2)cc1Cl. The van der Waals surface area contributed by atoms with Crippen LogP contribution in [0.15, 0.2) is 66.1 Å². The van der Waals surface area contributed by atoms with E-state index in [1.165, 1.54) is 12.2 Å². The summed E-state index contributed by atoms with van der Waals surface area (Å²) in [6.07, 6.45) is 9.46. The number of hydrogen-bond acceptors (Lipinski definition) is 4. The predicted octanol–water partition coefficient (Wildman–Crippen LogP) is 6.49. The minimum Gasteiger partial charge on any atom is -0.323 e. The van der Waals surface area contributed by atoms with Gasteiger partial charge in [0.15, 0.2) is 5.15 Å². The number of hydrogen-bond donors (Lipinski definition) is 1. The van der Waals surface area contributed by atoms with Gasteiger partial charge in [-0.15, -0.1) is 0 Å². The molecule has 0 aliphatic rings. The molecule has 0 spiro atoms. The van der Waals surface area contributed by atoms with Crippen LogP contribution in [0, 0.1) is 6.92 Å². The number of sulfonamides is 1. The summed E-state index contributed by atoms with van der Waals surface area (Å²) in [5, 5.41) is 1.76. The molecule has 188 valence electrons. The minimum atomic E-state index is -3.86. The monoisotopic (exact) mass is 543 g/mol. The van der Waals surface area contributed by atoms with Crippen molar-refractivity contribution < 1.29 is 13.2 Å². The maximum Gasteiger partial charge on any atom is 0.257 e. The Morgan fingerprint density at radius 3 is 2.47 bits per heavy atom. The lowest BCUT2D eigenvalue weighted by atomic mass is 10.1. The third-order valence-corrected chi connectivity index (χ3v) is 6.86. The summed E-state index contributed by atoms with van der Waals surface area (Å²) >= 11 is 12.9. The normalized spacial score (nSPS) is 12.2. The van der Waals surface area contributed by atoms with Crippen molar-refractivity contribution in [1.29, 1.82) is 0 Å². The first-order chi connectivity index (χ1) is 17.2. The summed E-state index contributed by atoms with van der Waals surface area (Å²) in [6, 6.07) is 15.7. The van der Waals surface area contributed by atoms with E-state index in [0.29, 0.717) is 29.5 Å². The third kappa shape index (κ3) is 7.95. The van der Waals surface area contributed by atoms with E-state index >= 15 is 0 Å². The van der Waals surface area contributed by atoms with Crippen LogP contribution < -0.4 is 4.72 Å². The number of aryl methyl sites for hydroxylation is 1. The lowest BCUT2D eigenvalue weighted by Crippen LogP contribution is -2.27. The zero-order valence-electron chi connectivity index (χ0n) is 20.0. The van der Waals surface area contributed by atoms with Gasteiger partial charge in [0, 0.05) is 16.5 Å². The quantitative estimate of drug-likeness (QED) is 0.234. The van der Waals surface area contributed by atoms with Crippen LogP contribution in [0.1, 0.15) is 48.0 Å². The van der Waals surface area contributed by atoms with Crippen molar-refractivity contribution in [2.24, 2.45) is 0 Å². The zero-order chi connectivity index (χ0) is 26.1. The van der Waals surface area contributed by atoms with Crippen LogP contribution in [0.4, 0.5) is 0 Å². The molecule has 9 heteroatoms. The molecule has 0 fully saturated rings. The molecule has 0 aliphatic carbocycles. The maximum atomic E-state index is 12.2. The highest BCUT2D eigenvalue weighted by atomic mass is 35.5. The maximum absolute atomic E-state index is 12.2. The van der Waals surface area contributed by atoms with Gasteiger partial charge in [-0.05, 0) is 42.2 Å².